The Morgan fingerprint density at radius 1 is 1.06 bits per heavy atom. The molecule has 7 nitrogen and oxygen atoms in total. The third kappa shape index (κ3) is 6.37. The Hall–Kier alpha value is -2.42. The summed E-state index contributed by atoms with van der Waals surface area (Å²) in [5, 5.41) is 0. The number of piperidine rings is 1. The number of anilines is 1. The van der Waals surface area contributed by atoms with Crippen LogP contribution in [0.3, 0.4) is 0 Å². The summed E-state index contributed by atoms with van der Waals surface area (Å²) < 4.78 is 32.3. The number of ketones is 1. The Kier molecular flexibility index (Phi) is 8.73. The van der Waals surface area contributed by atoms with Gasteiger partial charge >= 0.3 is 0 Å². The molecule has 0 spiro atoms. The quantitative estimate of drug-likeness (QED) is 0.512. The molecule has 1 aliphatic heterocycles. The van der Waals surface area contributed by atoms with Crippen molar-refractivity contribution < 1.29 is 17.9 Å². The van der Waals surface area contributed by atoms with Gasteiger partial charge in [-0.2, -0.15) is 0 Å². The highest BCUT2D eigenvalue weighted by molar-refractivity contribution is 7.89. The number of rotatable bonds is 10. The second kappa shape index (κ2) is 11.3. The molecule has 0 saturated carbocycles. The van der Waals surface area contributed by atoms with Gasteiger partial charge in [-0.3, -0.25) is 4.79 Å². The molecule has 34 heavy (non-hydrogen) atoms. The van der Waals surface area contributed by atoms with E-state index in [2.05, 4.69) is 36.0 Å². The molecule has 0 atom stereocenters. The summed E-state index contributed by atoms with van der Waals surface area (Å²) in [5.74, 6) is 0.631. The maximum Gasteiger partial charge on any atom is 0.243 e. The fourth-order valence-corrected chi connectivity index (χ4v) is 5.76. The first-order valence-electron chi connectivity index (χ1n) is 11.7. The Morgan fingerprint density at radius 2 is 1.71 bits per heavy atom. The lowest BCUT2D eigenvalue weighted by Gasteiger charge is -2.36. The van der Waals surface area contributed by atoms with Crippen molar-refractivity contribution in [2.75, 3.05) is 52.8 Å². The molecule has 0 N–H and O–H groups in total. The van der Waals surface area contributed by atoms with Crippen molar-refractivity contribution in [2.45, 2.75) is 43.5 Å². The maximum atomic E-state index is 12.9. The van der Waals surface area contributed by atoms with Crippen LogP contribution in [0.5, 0.6) is 5.75 Å². The fourth-order valence-electron chi connectivity index (χ4n) is 4.39. The van der Waals surface area contributed by atoms with Crippen LogP contribution in [0.4, 0.5) is 5.69 Å². The average molecular weight is 488 g/mol. The van der Waals surface area contributed by atoms with Crippen molar-refractivity contribution in [3.05, 3.63) is 53.6 Å². The molecular weight excluding hydrogens is 450 g/mol. The van der Waals surface area contributed by atoms with Gasteiger partial charge in [0.25, 0.3) is 0 Å². The van der Waals surface area contributed by atoms with E-state index in [1.165, 1.54) is 17.0 Å². The number of Topliss-reactive ketones (excluding diaryl/α,β-unsaturated/α-hetero) is 1. The number of carbonyl (C=O) groups excluding carboxylic acids is 1. The number of carbonyl (C=O) groups is 1. The first-order valence-corrected chi connectivity index (χ1v) is 13.2. The highest BCUT2D eigenvalue weighted by Crippen LogP contribution is 2.24. The molecular formula is C26H37N3O4S. The Balaban J connectivity index is 1.52. The molecule has 0 amide bonds. The van der Waals surface area contributed by atoms with Crippen LogP contribution in [0.1, 0.15) is 30.4 Å². The third-order valence-electron chi connectivity index (χ3n) is 6.67. The van der Waals surface area contributed by atoms with E-state index >= 15 is 0 Å². The van der Waals surface area contributed by atoms with Crippen molar-refractivity contribution in [1.29, 1.82) is 0 Å². The van der Waals surface area contributed by atoms with Crippen molar-refractivity contribution in [1.82, 2.24) is 9.21 Å². The van der Waals surface area contributed by atoms with Crippen molar-refractivity contribution >= 4 is 21.5 Å². The van der Waals surface area contributed by atoms with Crippen LogP contribution in [-0.2, 0) is 21.2 Å². The zero-order valence-electron chi connectivity index (χ0n) is 21.0. The predicted molar refractivity (Wildman–Crippen MR) is 136 cm³/mol. The van der Waals surface area contributed by atoms with Crippen LogP contribution in [0.15, 0.2) is 47.4 Å². The molecule has 2 aromatic rings. The first kappa shape index (κ1) is 26.2. The molecule has 3 rings (SSSR count). The van der Waals surface area contributed by atoms with Gasteiger partial charge in [0.05, 0.1) is 12.0 Å². The van der Waals surface area contributed by atoms with E-state index < -0.39 is 10.0 Å². The van der Waals surface area contributed by atoms with Crippen molar-refractivity contribution in [2.24, 2.45) is 0 Å². The molecule has 1 fully saturated rings. The minimum Gasteiger partial charge on any atom is -0.497 e. The molecule has 0 unspecified atom stereocenters. The molecule has 1 aliphatic rings. The fraction of sp³-hybridized carbons (Fsp3) is 0.500. The second-order valence-electron chi connectivity index (χ2n) is 9.27. The van der Waals surface area contributed by atoms with Crippen LogP contribution in [0.25, 0.3) is 0 Å². The molecule has 8 heteroatoms. The summed E-state index contributed by atoms with van der Waals surface area (Å²) >= 11 is 0. The molecule has 0 bridgehead atoms. The summed E-state index contributed by atoms with van der Waals surface area (Å²) in [7, 11) is 3.66. The van der Waals surface area contributed by atoms with Gasteiger partial charge in [-0.1, -0.05) is 12.1 Å². The smallest absolute Gasteiger partial charge is 0.243 e. The largest absolute Gasteiger partial charge is 0.497 e. The summed E-state index contributed by atoms with van der Waals surface area (Å²) in [6.45, 7) is 3.96. The number of methoxy groups -OCH3 is 1. The number of aryl methyl sites for hydroxylation is 1. The van der Waals surface area contributed by atoms with Gasteiger partial charge in [0, 0.05) is 51.3 Å². The SMILES string of the molecule is COc1ccc(S(=O)(=O)N(C)CCC(=O)Cc2ccc(N3CCC(N(C)C)CC3)cc2)c(C)c1. The molecule has 0 aliphatic carbocycles. The molecule has 0 radical (unpaired) electrons. The summed E-state index contributed by atoms with van der Waals surface area (Å²) in [6.07, 6.45) is 2.78. The number of ether oxygens (including phenoxy) is 1. The monoisotopic (exact) mass is 487 g/mol. The molecule has 2 aromatic carbocycles. The van der Waals surface area contributed by atoms with E-state index in [9.17, 15) is 13.2 Å². The van der Waals surface area contributed by atoms with Gasteiger partial charge in [-0.15, -0.1) is 0 Å². The van der Waals surface area contributed by atoms with Gasteiger partial charge < -0.3 is 14.5 Å². The molecule has 1 heterocycles. The first-order chi connectivity index (χ1) is 16.1. The maximum absolute atomic E-state index is 12.9. The molecule has 0 aromatic heterocycles. The predicted octanol–water partition coefficient (Wildman–Crippen LogP) is 3.36. The number of nitrogens with zero attached hydrogens (tertiary/aromatic N) is 3. The van der Waals surface area contributed by atoms with Crippen molar-refractivity contribution in [3.8, 4) is 5.75 Å². The van der Waals surface area contributed by atoms with E-state index in [0.717, 1.165) is 31.5 Å². The van der Waals surface area contributed by atoms with Crippen LogP contribution < -0.4 is 9.64 Å². The third-order valence-corrected chi connectivity index (χ3v) is 8.69. The van der Waals surface area contributed by atoms with Crippen molar-refractivity contribution in [3.63, 3.8) is 0 Å². The molecule has 1 saturated heterocycles. The van der Waals surface area contributed by atoms with Gasteiger partial charge in [0.2, 0.25) is 10.0 Å². The summed E-state index contributed by atoms with van der Waals surface area (Å²) in [6, 6.07) is 13.7. The number of hydrogen-bond donors (Lipinski definition) is 0. The lowest BCUT2D eigenvalue weighted by Crippen LogP contribution is -2.41. The standard InChI is InChI=1S/C26H37N3O4S/c1-20-18-25(33-5)10-11-26(20)34(31,32)28(4)15-14-24(30)19-21-6-8-23(9-7-21)29-16-12-22(13-17-29)27(2)3/h6-11,18,22H,12-17,19H2,1-5H3. The Labute approximate surface area is 204 Å². The lowest BCUT2D eigenvalue weighted by molar-refractivity contribution is -0.118. The Morgan fingerprint density at radius 3 is 2.26 bits per heavy atom. The van der Waals surface area contributed by atoms with Crippen LogP contribution >= 0.6 is 0 Å². The zero-order chi connectivity index (χ0) is 24.9. The van der Waals surface area contributed by atoms with E-state index in [0.29, 0.717) is 23.8 Å². The van der Waals surface area contributed by atoms with Gasteiger partial charge in [0.15, 0.2) is 0 Å². The van der Waals surface area contributed by atoms with Crippen LogP contribution in [-0.4, -0.2) is 77.3 Å². The highest BCUT2D eigenvalue weighted by atomic mass is 32.2. The highest BCUT2D eigenvalue weighted by Gasteiger charge is 2.24. The lowest BCUT2D eigenvalue weighted by atomic mass is 10.0. The van der Waals surface area contributed by atoms with E-state index in [1.807, 2.05) is 12.1 Å². The minimum atomic E-state index is -3.67. The normalized spacial score (nSPS) is 15.2. The van der Waals surface area contributed by atoms with Crippen LogP contribution in [0, 0.1) is 6.92 Å². The van der Waals surface area contributed by atoms with Crippen LogP contribution in [0.2, 0.25) is 0 Å². The second-order valence-corrected chi connectivity index (χ2v) is 11.3. The zero-order valence-corrected chi connectivity index (χ0v) is 21.8. The number of benzene rings is 2. The minimum absolute atomic E-state index is 0.0213. The summed E-state index contributed by atoms with van der Waals surface area (Å²) in [5.41, 5.74) is 2.76. The summed E-state index contributed by atoms with van der Waals surface area (Å²) in [4.78, 5) is 17.5. The number of sulfonamides is 1. The van der Waals surface area contributed by atoms with E-state index in [-0.39, 0.29) is 23.6 Å². The topological polar surface area (TPSA) is 70.2 Å². The Bertz CT molecular complexity index is 1080. The van der Waals surface area contributed by atoms with E-state index in [4.69, 9.17) is 4.74 Å². The van der Waals surface area contributed by atoms with Gasteiger partial charge in [-0.05, 0) is 75.3 Å². The van der Waals surface area contributed by atoms with E-state index in [1.54, 1.807) is 32.2 Å². The van der Waals surface area contributed by atoms with Gasteiger partial charge in [-0.25, -0.2) is 12.7 Å². The number of hydrogen-bond acceptors (Lipinski definition) is 6. The van der Waals surface area contributed by atoms with Gasteiger partial charge in [0.1, 0.15) is 11.5 Å². The molecule has 186 valence electrons. The average Bonchev–Trinajstić information content (AvgIpc) is 2.82.